The summed E-state index contributed by atoms with van der Waals surface area (Å²) in [7, 11) is 1.72. The topological polar surface area (TPSA) is 66.8 Å². The van der Waals surface area contributed by atoms with Crippen LogP contribution < -0.4 is 14.8 Å². The maximum Gasteiger partial charge on any atom is 0.163 e. The molecular weight excluding hydrogens is 402 g/mol. The van der Waals surface area contributed by atoms with Crippen LogP contribution in [0.1, 0.15) is 62.5 Å². The lowest BCUT2D eigenvalue weighted by atomic mass is 9.93. The Morgan fingerprint density at radius 1 is 1.03 bits per heavy atom. The highest BCUT2D eigenvalue weighted by atomic mass is 16.5. The van der Waals surface area contributed by atoms with Crippen molar-refractivity contribution in [3.63, 3.8) is 0 Å². The standard InChI is InChI=1S/C26H37N3O3/c1-31-24-16-22-20-6-4-7-21(20)26(27-18-8-10-19(30)11-9-18)28-23(22)17-25(24)32-15-5-14-29-12-2-3-13-29/h16-19,30H,2-15H2,1H3,(H,27,28)/t18-,19-. The monoisotopic (exact) mass is 439 g/mol. The normalized spacial score (nSPS) is 23.4. The van der Waals surface area contributed by atoms with E-state index in [0.717, 1.165) is 74.3 Å². The second-order valence-electron chi connectivity index (χ2n) is 9.69. The number of aliphatic hydroxyl groups is 1. The molecule has 2 N–H and O–H groups in total. The predicted octanol–water partition coefficient (Wildman–Crippen LogP) is 4.31. The van der Waals surface area contributed by atoms with E-state index in [4.69, 9.17) is 14.5 Å². The summed E-state index contributed by atoms with van der Waals surface area (Å²) in [5, 5.41) is 14.8. The second-order valence-corrected chi connectivity index (χ2v) is 9.69. The van der Waals surface area contributed by atoms with Gasteiger partial charge in [-0.15, -0.1) is 0 Å². The highest BCUT2D eigenvalue weighted by molar-refractivity contribution is 5.89. The van der Waals surface area contributed by atoms with Crippen molar-refractivity contribution in [1.82, 2.24) is 9.88 Å². The molecule has 6 nitrogen and oxygen atoms in total. The highest BCUT2D eigenvalue weighted by Gasteiger charge is 2.25. The molecule has 1 saturated heterocycles. The van der Waals surface area contributed by atoms with Crippen LogP contribution in [0.5, 0.6) is 11.5 Å². The van der Waals surface area contributed by atoms with Gasteiger partial charge in [0.15, 0.2) is 11.5 Å². The lowest BCUT2D eigenvalue weighted by Crippen LogP contribution is -2.29. The van der Waals surface area contributed by atoms with Crippen LogP contribution >= 0.6 is 0 Å². The third-order valence-corrected chi connectivity index (χ3v) is 7.46. The summed E-state index contributed by atoms with van der Waals surface area (Å²) in [6, 6.07) is 4.59. The molecule has 0 spiro atoms. The molecule has 2 fully saturated rings. The molecule has 0 amide bonds. The molecule has 3 aliphatic rings. The van der Waals surface area contributed by atoms with Crippen LogP contribution in [0.3, 0.4) is 0 Å². The molecule has 0 unspecified atom stereocenters. The fourth-order valence-electron chi connectivity index (χ4n) is 5.66. The van der Waals surface area contributed by atoms with Gasteiger partial charge in [-0.1, -0.05) is 0 Å². The number of ether oxygens (including phenoxy) is 2. The summed E-state index contributed by atoms with van der Waals surface area (Å²) in [4.78, 5) is 7.59. The summed E-state index contributed by atoms with van der Waals surface area (Å²) in [5.74, 6) is 2.63. The molecule has 0 atom stereocenters. The number of pyridine rings is 1. The Labute approximate surface area is 191 Å². The van der Waals surface area contributed by atoms with Crippen LogP contribution in [0.15, 0.2) is 12.1 Å². The molecule has 1 aliphatic heterocycles. The summed E-state index contributed by atoms with van der Waals surface area (Å²) in [6.07, 6.45) is 10.6. The van der Waals surface area contributed by atoms with E-state index < -0.39 is 0 Å². The van der Waals surface area contributed by atoms with Gasteiger partial charge in [-0.3, -0.25) is 0 Å². The Kier molecular flexibility index (Phi) is 6.69. The van der Waals surface area contributed by atoms with Crippen molar-refractivity contribution in [2.75, 3.05) is 38.7 Å². The first-order valence-electron chi connectivity index (χ1n) is 12.5. The average Bonchev–Trinajstić information content (AvgIpc) is 3.50. The minimum atomic E-state index is -0.138. The van der Waals surface area contributed by atoms with Crippen LogP contribution in [0, 0.1) is 0 Å². The van der Waals surface area contributed by atoms with Gasteiger partial charge in [-0.05, 0) is 94.5 Å². The number of anilines is 1. The van der Waals surface area contributed by atoms with Crippen molar-refractivity contribution in [3.8, 4) is 11.5 Å². The number of hydrogen-bond donors (Lipinski definition) is 2. The number of nitrogens with one attached hydrogen (secondary N) is 1. The molecule has 174 valence electrons. The zero-order valence-corrected chi connectivity index (χ0v) is 19.4. The van der Waals surface area contributed by atoms with Crippen molar-refractivity contribution in [3.05, 3.63) is 23.3 Å². The largest absolute Gasteiger partial charge is 0.493 e. The number of fused-ring (bicyclic) bond motifs is 3. The fraction of sp³-hybridized carbons (Fsp3) is 0.654. The first-order chi connectivity index (χ1) is 15.7. The third kappa shape index (κ3) is 4.67. The van der Waals surface area contributed by atoms with Crippen molar-refractivity contribution in [2.24, 2.45) is 0 Å². The Morgan fingerprint density at radius 2 is 1.81 bits per heavy atom. The highest BCUT2D eigenvalue weighted by Crippen LogP contribution is 2.39. The van der Waals surface area contributed by atoms with Gasteiger partial charge in [0.25, 0.3) is 0 Å². The van der Waals surface area contributed by atoms with Crippen molar-refractivity contribution >= 4 is 16.7 Å². The van der Waals surface area contributed by atoms with E-state index in [2.05, 4.69) is 22.3 Å². The van der Waals surface area contributed by atoms with Gasteiger partial charge in [0, 0.05) is 24.0 Å². The quantitative estimate of drug-likeness (QED) is 0.598. The number of likely N-dealkylation sites (tertiary alicyclic amines) is 1. The molecule has 6 heteroatoms. The number of aliphatic hydroxyl groups excluding tert-OH is 1. The van der Waals surface area contributed by atoms with E-state index in [-0.39, 0.29) is 6.10 Å². The Balaban J connectivity index is 1.36. The fourth-order valence-corrected chi connectivity index (χ4v) is 5.66. The second kappa shape index (κ2) is 9.84. The van der Waals surface area contributed by atoms with E-state index in [1.807, 2.05) is 0 Å². The van der Waals surface area contributed by atoms with E-state index in [0.29, 0.717) is 12.6 Å². The molecule has 2 aromatic rings. The van der Waals surface area contributed by atoms with E-state index in [9.17, 15) is 5.11 Å². The zero-order chi connectivity index (χ0) is 21.9. The zero-order valence-electron chi connectivity index (χ0n) is 19.4. The van der Waals surface area contributed by atoms with E-state index >= 15 is 0 Å². The van der Waals surface area contributed by atoms with Crippen LogP contribution in [0.2, 0.25) is 0 Å². The molecule has 1 aromatic heterocycles. The smallest absolute Gasteiger partial charge is 0.163 e. The van der Waals surface area contributed by atoms with Gasteiger partial charge in [0.05, 0.1) is 25.3 Å². The lowest BCUT2D eigenvalue weighted by molar-refractivity contribution is 0.126. The van der Waals surface area contributed by atoms with Crippen LogP contribution in [0.4, 0.5) is 5.82 Å². The minimum absolute atomic E-state index is 0.138. The molecule has 1 saturated carbocycles. The van der Waals surface area contributed by atoms with Crippen LogP contribution in [0.25, 0.3) is 10.9 Å². The van der Waals surface area contributed by atoms with Crippen molar-refractivity contribution in [1.29, 1.82) is 0 Å². The van der Waals surface area contributed by atoms with E-state index in [1.54, 1.807) is 7.11 Å². The number of hydrogen-bond acceptors (Lipinski definition) is 6. The Bertz CT molecular complexity index is 934. The molecule has 5 rings (SSSR count). The summed E-state index contributed by atoms with van der Waals surface area (Å²) >= 11 is 0. The molecule has 2 heterocycles. The van der Waals surface area contributed by atoms with Crippen molar-refractivity contribution in [2.45, 2.75) is 76.4 Å². The molecule has 2 aliphatic carbocycles. The summed E-state index contributed by atoms with van der Waals surface area (Å²) in [5.41, 5.74) is 3.76. The minimum Gasteiger partial charge on any atom is -0.493 e. The number of methoxy groups -OCH3 is 1. The molecule has 0 bridgehead atoms. The maximum absolute atomic E-state index is 9.85. The predicted molar refractivity (Wildman–Crippen MR) is 128 cm³/mol. The number of rotatable bonds is 8. The van der Waals surface area contributed by atoms with E-state index in [1.165, 1.54) is 48.9 Å². The first-order valence-corrected chi connectivity index (χ1v) is 12.5. The lowest BCUT2D eigenvalue weighted by Gasteiger charge is -2.27. The number of aromatic nitrogens is 1. The number of nitrogens with zero attached hydrogens (tertiary/aromatic N) is 2. The SMILES string of the molecule is COc1cc2c3c(c(N[C@H]4CC[C@H](O)CC4)nc2cc1OCCCN1CCCC1)CCC3. The number of benzene rings is 1. The van der Waals surface area contributed by atoms with Gasteiger partial charge >= 0.3 is 0 Å². The average molecular weight is 440 g/mol. The van der Waals surface area contributed by atoms with Gasteiger partial charge in [0.1, 0.15) is 5.82 Å². The van der Waals surface area contributed by atoms with Gasteiger partial charge in [0.2, 0.25) is 0 Å². The maximum atomic E-state index is 9.85. The van der Waals surface area contributed by atoms with Crippen LogP contribution in [-0.2, 0) is 12.8 Å². The Hall–Kier alpha value is -2.05. The third-order valence-electron chi connectivity index (χ3n) is 7.46. The van der Waals surface area contributed by atoms with Gasteiger partial charge in [-0.2, -0.15) is 0 Å². The molecular formula is C26H37N3O3. The molecule has 1 aromatic carbocycles. The Morgan fingerprint density at radius 3 is 2.59 bits per heavy atom. The molecule has 32 heavy (non-hydrogen) atoms. The van der Waals surface area contributed by atoms with Gasteiger partial charge < -0.3 is 24.8 Å². The van der Waals surface area contributed by atoms with Crippen molar-refractivity contribution < 1.29 is 14.6 Å². The first kappa shape index (κ1) is 21.8. The van der Waals surface area contributed by atoms with Gasteiger partial charge in [-0.25, -0.2) is 4.98 Å². The van der Waals surface area contributed by atoms with Crippen LogP contribution in [-0.4, -0.2) is 60.5 Å². The molecule has 0 radical (unpaired) electrons. The number of aryl methyl sites for hydroxylation is 1. The summed E-state index contributed by atoms with van der Waals surface area (Å²) in [6.45, 7) is 4.25. The summed E-state index contributed by atoms with van der Waals surface area (Å²) < 4.78 is 11.9.